The van der Waals surface area contributed by atoms with Crippen molar-refractivity contribution in [2.75, 3.05) is 44.6 Å². The summed E-state index contributed by atoms with van der Waals surface area (Å²) in [6.07, 6.45) is 1.03. The topological polar surface area (TPSA) is 38.0 Å². The van der Waals surface area contributed by atoms with E-state index in [1.165, 1.54) is 30.1 Å². The molecule has 0 aromatic heterocycles. The van der Waals surface area contributed by atoms with E-state index >= 15 is 0 Å². The highest BCUT2D eigenvalue weighted by atomic mass is 16.2. The zero-order chi connectivity index (χ0) is 14.4. The number of quaternary nitrogens is 2. The van der Waals surface area contributed by atoms with E-state index in [0.29, 0.717) is 6.54 Å². The number of aryl methyl sites for hydroxylation is 1. The van der Waals surface area contributed by atoms with Gasteiger partial charge in [0.15, 0.2) is 6.54 Å². The number of piperazine rings is 1. The molecule has 4 heteroatoms. The summed E-state index contributed by atoms with van der Waals surface area (Å²) in [5.41, 5.74) is 2.21. The summed E-state index contributed by atoms with van der Waals surface area (Å²) in [6, 6.07) is 8.13. The first-order valence-corrected chi connectivity index (χ1v) is 7.77. The number of hydrogen-bond acceptors (Lipinski definition) is 1. The molecule has 3 N–H and O–H groups in total. The lowest BCUT2D eigenvalue weighted by molar-refractivity contribution is -1.01. The van der Waals surface area contributed by atoms with Crippen LogP contribution in [-0.2, 0) is 11.2 Å². The molecule has 2 rings (SSSR count). The van der Waals surface area contributed by atoms with Gasteiger partial charge in [0.1, 0.15) is 26.2 Å². The molecule has 20 heavy (non-hydrogen) atoms. The fourth-order valence-corrected chi connectivity index (χ4v) is 2.74. The Balaban J connectivity index is 1.77. The second kappa shape index (κ2) is 7.41. The second-order valence-corrected chi connectivity index (χ2v) is 5.63. The summed E-state index contributed by atoms with van der Waals surface area (Å²) < 4.78 is 0. The van der Waals surface area contributed by atoms with Crippen LogP contribution in [0.1, 0.15) is 19.4 Å². The summed E-state index contributed by atoms with van der Waals surface area (Å²) in [5, 5.41) is 3.00. The van der Waals surface area contributed by atoms with Crippen molar-refractivity contribution >= 4 is 11.6 Å². The first-order chi connectivity index (χ1) is 9.71. The summed E-state index contributed by atoms with van der Waals surface area (Å²) in [7, 11) is 0. The molecule has 1 saturated heterocycles. The highest BCUT2D eigenvalue weighted by molar-refractivity contribution is 5.91. The van der Waals surface area contributed by atoms with Crippen LogP contribution in [0.2, 0.25) is 0 Å². The highest BCUT2D eigenvalue weighted by Crippen LogP contribution is 2.09. The molecule has 1 aliphatic rings. The Bertz CT molecular complexity index is 422. The lowest BCUT2D eigenvalue weighted by atomic mass is 10.1. The van der Waals surface area contributed by atoms with Crippen molar-refractivity contribution < 1.29 is 14.6 Å². The predicted molar refractivity (Wildman–Crippen MR) is 81.3 cm³/mol. The normalized spacial score (nSPS) is 22.5. The summed E-state index contributed by atoms with van der Waals surface area (Å²) in [4.78, 5) is 15.1. The Hall–Kier alpha value is -1.39. The zero-order valence-electron chi connectivity index (χ0n) is 12.7. The van der Waals surface area contributed by atoms with E-state index < -0.39 is 0 Å². The minimum atomic E-state index is 0.129. The molecule has 0 bridgehead atoms. The molecule has 0 radical (unpaired) electrons. The third-order valence-corrected chi connectivity index (χ3v) is 4.22. The third kappa shape index (κ3) is 4.32. The fourth-order valence-electron chi connectivity index (χ4n) is 2.74. The maximum absolute atomic E-state index is 12.0. The third-order valence-electron chi connectivity index (χ3n) is 4.22. The van der Waals surface area contributed by atoms with E-state index in [2.05, 4.69) is 31.3 Å². The Kier molecular flexibility index (Phi) is 5.56. The number of likely N-dealkylation sites (N-methyl/N-ethyl adjacent to an activating group) is 1. The van der Waals surface area contributed by atoms with Crippen LogP contribution < -0.4 is 15.1 Å². The van der Waals surface area contributed by atoms with Crippen LogP contribution in [-0.4, -0.2) is 45.2 Å². The van der Waals surface area contributed by atoms with Crippen molar-refractivity contribution in [2.45, 2.75) is 20.3 Å². The first-order valence-electron chi connectivity index (χ1n) is 7.77. The van der Waals surface area contributed by atoms with Gasteiger partial charge in [-0.2, -0.15) is 0 Å². The Labute approximate surface area is 121 Å². The number of carbonyl (C=O) groups excluding carboxylic acids is 1. The molecule has 1 aromatic carbocycles. The molecule has 1 aliphatic heterocycles. The van der Waals surface area contributed by atoms with E-state index in [1.54, 1.807) is 4.90 Å². The van der Waals surface area contributed by atoms with Gasteiger partial charge in [-0.25, -0.2) is 0 Å². The van der Waals surface area contributed by atoms with Gasteiger partial charge < -0.3 is 15.1 Å². The van der Waals surface area contributed by atoms with Crippen molar-refractivity contribution in [1.29, 1.82) is 0 Å². The lowest BCUT2D eigenvalue weighted by Crippen LogP contribution is -3.28. The zero-order valence-corrected chi connectivity index (χ0v) is 12.7. The van der Waals surface area contributed by atoms with Crippen LogP contribution in [0.4, 0.5) is 5.69 Å². The maximum Gasteiger partial charge on any atom is 0.279 e. The average molecular weight is 277 g/mol. The monoisotopic (exact) mass is 277 g/mol. The predicted octanol–water partition coefficient (Wildman–Crippen LogP) is -1.01. The van der Waals surface area contributed by atoms with Gasteiger partial charge in [0.2, 0.25) is 0 Å². The number of hydrogen-bond donors (Lipinski definition) is 3. The number of nitrogens with one attached hydrogen (secondary N) is 3. The molecule has 0 atom stereocenters. The SMILES string of the molecule is CCc1ccc(NC(=O)C[NH+]2CC[NH+](CC)CC2)cc1. The van der Waals surface area contributed by atoms with Gasteiger partial charge in [-0.1, -0.05) is 19.1 Å². The molecule has 1 fully saturated rings. The van der Waals surface area contributed by atoms with E-state index in [1.807, 2.05) is 12.1 Å². The van der Waals surface area contributed by atoms with Crippen molar-refractivity contribution in [1.82, 2.24) is 0 Å². The van der Waals surface area contributed by atoms with E-state index in [9.17, 15) is 4.79 Å². The fraction of sp³-hybridized carbons (Fsp3) is 0.562. The minimum Gasteiger partial charge on any atom is -0.326 e. The second-order valence-electron chi connectivity index (χ2n) is 5.63. The van der Waals surface area contributed by atoms with Gasteiger partial charge >= 0.3 is 0 Å². The van der Waals surface area contributed by atoms with Gasteiger partial charge in [0, 0.05) is 5.69 Å². The van der Waals surface area contributed by atoms with Crippen molar-refractivity contribution in [2.24, 2.45) is 0 Å². The maximum atomic E-state index is 12.0. The average Bonchev–Trinajstić information content (AvgIpc) is 2.49. The molecule has 0 saturated carbocycles. The summed E-state index contributed by atoms with van der Waals surface area (Å²) in [5.74, 6) is 0.129. The van der Waals surface area contributed by atoms with Crippen LogP contribution in [0, 0.1) is 0 Å². The van der Waals surface area contributed by atoms with E-state index in [0.717, 1.165) is 25.2 Å². The van der Waals surface area contributed by atoms with Crippen molar-refractivity contribution in [3.05, 3.63) is 29.8 Å². The Morgan fingerprint density at radius 2 is 1.65 bits per heavy atom. The molecule has 4 nitrogen and oxygen atoms in total. The molecule has 1 amide bonds. The summed E-state index contributed by atoms with van der Waals surface area (Å²) >= 11 is 0. The number of carbonyl (C=O) groups is 1. The van der Waals surface area contributed by atoms with Crippen LogP contribution in [0.15, 0.2) is 24.3 Å². The molecular weight excluding hydrogens is 250 g/mol. The van der Waals surface area contributed by atoms with E-state index in [-0.39, 0.29) is 5.91 Å². The van der Waals surface area contributed by atoms with Crippen molar-refractivity contribution in [3.63, 3.8) is 0 Å². The number of anilines is 1. The Morgan fingerprint density at radius 1 is 1.05 bits per heavy atom. The molecule has 110 valence electrons. The standard InChI is InChI=1S/C16H25N3O/c1-3-14-5-7-15(8-6-14)17-16(20)13-19-11-9-18(4-2)10-12-19/h5-8H,3-4,9-13H2,1-2H3,(H,17,20)/p+2. The van der Waals surface area contributed by atoms with Crippen molar-refractivity contribution in [3.8, 4) is 0 Å². The van der Waals surface area contributed by atoms with Crippen LogP contribution in [0.25, 0.3) is 0 Å². The van der Waals surface area contributed by atoms with Crippen LogP contribution in [0.5, 0.6) is 0 Å². The van der Waals surface area contributed by atoms with Gasteiger partial charge in [-0.05, 0) is 31.0 Å². The Morgan fingerprint density at radius 3 is 2.20 bits per heavy atom. The first kappa shape index (κ1) is 15.0. The molecule has 0 unspecified atom stereocenters. The number of benzene rings is 1. The van der Waals surface area contributed by atoms with Gasteiger partial charge in [-0.3, -0.25) is 4.79 Å². The molecular formula is C16H27N3O+2. The quantitative estimate of drug-likeness (QED) is 0.634. The van der Waals surface area contributed by atoms with Crippen LogP contribution >= 0.6 is 0 Å². The highest BCUT2D eigenvalue weighted by Gasteiger charge is 2.23. The smallest absolute Gasteiger partial charge is 0.279 e. The summed E-state index contributed by atoms with van der Waals surface area (Å²) in [6.45, 7) is 10.7. The van der Waals surface area contributed by atoms with Gasteiger partial charge in [0.05, 0.1) is 6.54 Å². The minimum absolute atomic E-state index is 0.129. The van der Waals surface area contributed by atoms with Gasteiger partial charge in [-0.15, -0.1) is 0 Å². The molecule has 0 aliphatic carbocycles. The molecule has 1 aromatic rings. The molecule has 1 heterocycles. The number of rotatable bonds is 5. The molecule has 0 spiro atoms. The van der Waals surface area contributed by atoms with E-state index in [4.69, 9.17) is 0 Å². The lowest BCUT2D eigenvalue weighted by Gasteiger charge is -2.28. The van der Waals surface area contributed by atoms with Crippen LogP contribution in [0.3, 0.4) is 0 Å². The number of amides is 1. The van der Waals surface area contributed by atoms with Gasteiger partial charge in [0.25, 0.3) is 5.91 Å². The largest absolute Gasteiger partial charge is 0.326 e.